The van der Waals surface area contributed by atoms with Crippen LogP contribution >= 0.6 is 0 Å². The number of nitrogens with one attached hydrogen (secondary N) is 2. The highest BCUT2D eigenvalue weighted by molar-refractivity contribution is 5.83. The molecule has 5 atom stereocenters. The van der Waals surface area contributed by atoms with Gasteiger partial charge in [-0.25, -0.2) is 4.79 Å². The van der Waals surface area contributed by atoms with Crippen LogP contribution in [0.1, 0.15) is 77.6 Å². The van der Waals surface area contributed by atoms with E-state index in [4.69, 9.17) is 16.2 Å². The molecular formula is C21H41N3O6. The first-order valence-electron chi connectivity index (χ1n) is 10.9. The van der Waals surface area contributed by atoms with Crippen LogP contribution in [0.25, 0.3) is 0 Å². The van der Waals surface area contributed by atoms with Crippen LogP contribution in [0.15, 0.2) is 12.2 Å². The van der Waals surface area contributed by atoms with Gasteiger partial charge in [0.1, 0.15) is 18.3 Å². The van der Waals surface area contributed by atoms with Crippen molar-refractivity contribution in [2.45, 2.75) is 108 Å². The van der Waals surface area contributed by atoms with Gasteiger partial charge in [-0.15, -0.1) is 0 Å². The lowest BCUT2D eigenvalue weighted by Crippen LogP contribution is -2.56. The van der Waals surface area contributed by atoms with Crippen molar-refractivity contribution in [3.8, 4) is 0 Å². The lowest BCUT2D eigenvalue weighted by molar-refractivity contribution is -0.146. The van der Waals surface area contributed by atoms with Gasteiger partial charge in [-0.3, -0.25) is 5.41 Å². The second-order valence-electron chi connectivity index (χ2n) is 7.77. The third-order valence-corrected chi connectivity index (χ3v) is 5.00. The molecule has 9 N–H and O–H groups in total. The van der Waals surface area contributed by atoms with Gasteiger partial charge in [-0.2, -0.15) is 0 Å². The van der Waals surface area contributed by atoms with Gasteiger partial charge in [0.05, 0.1) is 6.10 Å². The normalized spacial score (nSPS) is 16.7. The molecule has 9 nitrogen and oxygen atoms in total. The molecule has 0 amide bonds. The fourth-order valence-electron chi connectivity index (χ4n) is 3.16. The molecule has 0 aromatic carbocycles. The third-order valence-electron chi connectivity index (χ3n) is 5.00. The van der Waals surface area contributed by atoms with Crippen molar-refractivity contribution in [3.05, 3.63) is 12.2 Å². The van der Waals surface area contributed by atoms with E-state index in [0.29, 0.717) is 6.42 Å². The molecule has 0 aliphatic rings. The first-order chi connectivity index (χ1) is 14.2. The summed E-state index contributed by atoms with van der Waals surface area (Å²) in [6.45, 7) is 2.17. The Morgan fingerprint density at radius 3 is 2.07 bits per heavy atom. The summed E-state index contributed by atoms with van der Waals surface area (Å²) in [5.74, 6) is -2.17. The molecule has 0 bridgehead atoms. The summed E-state index contributed by atoms with van der Waals surface area (Å²) in [6, 6.07) is -1.71. The Hall–Kier alpha value is -1.68. The Balaban J connectivity index is 4.01. The molecule has 0 aromatic heterocycles. The molecule has 5 unspecified atom stereocenters. The van der Waals surface area contributed by atoms with E-state index in [1.165, 1.54) is 25.3 Å². The monoisotopic (exact) mass is 431 g/mol. The molecule has 0 rings (SSSR count). The predicted octanol–water partition coefficient (Wildman–Crippen LogP) is 1.23. The van der Waals surface area contributed by atoms with Crippen molar-refractivity contribution in [1.82, 2.24) is 5.32 Å². The topological polar surface area (TPSA) is 180 Å². The van der Waals surface area contributed by atoms with Gasteiger partial charge in [0.2, 0.25) is 0 Å². The standard InChI is InChI=1S/C21H41N3O6/c1-2-3-4-9-12-15(25)13-10-7-5-6-8-11-14-16(26)18(27)19(28)17(20(29)30)24-21(22)23/h11,14-19,25-28H,2-10,12-13H2,1H3,(H,29,30)(H4,22,23,24)/b14-11+. The minimum atomic E-state index is -1.85. The van der Waals surface area contributed by atoms with Crippen LogP contribution < -0.4 is 11.1 Å². The molecule has 0 radical (unpaired) electrons. The molecule has 9 heteroatoms. The van der Waals surface area contributed by atoms with Crippen molar-refractivity contribution in [1.29, 1.82) is 5.41 Å². The van der Waals surface area contributed by atoms with Crippen LogP contribution in [-0.4, -0.2) is 67.9 Å². The van der Waals surface area contributed by atoms with E-state index in [9.17, 15) is 25.2 Å². The average Bonchev–Trinajstić information content (AvgIpc) is 2.69. The van der Waals surface area contributed by atoms with Crippen molar-refractivity contribution >= 4 is 11.9 Å². The first-order valence-corrected chi connectivity index (χ1v) is 10.9. The zero-order chi connectivity index (χ0) is 22.9. The maximum atomic E-state index is 11.1. The number of hydrogen-bond acceptors (Lipinski definition) is 6. The van der Waals surface area contributed by atoms with Crippen LogP contribution in [0.4, 0.5) is 0 Å². The molecular weight excluding hydrogens is 390 g/mol. The Kier molecular flexibility index (Phi) is 16.1. The number of aliphatic hydroxyl groups excluding tert-OH is 4. The summed E-state index contributed by atoms with van der Waals surface area (Å²) in [6.07, 6.45) is 8.67. The number of hydrogen-bond donors (Lipinski definition) is 8. The van der Waals surface area contributed by atoms with Gasteiger partial charge >= 0.3 is 5.97 Å². The Bertz CT molecular complexity index is 503. The van der Waals surface area contributed by atoms with Gasteiger partial charge in [0, 0.05) is 0 Å². The van der Waals surface area contributed by atoms with Crippen LogP contribution in [0.2, 0.25) is 0 Å². The van der Waals surface area contributed by atoms with E-state index in [2.05, 4.69) is 6.92 Å². The maximum Gasteiger partial charge on any atom is 0.329 e. The van der Waals surface area contributed by atoms with Crippen molar-refractivity contribution in [3.63, 3.8) is 0 Å². The van der Waals surface area contributed by atoms with Crippen LogP contribution in [-0.2, 0) is 4.79 Å². The molecule has 0 aromatic rings. The number of carboxylic acids is 1. The zero-order valence-corrected chi connectivity index (χ0v) is 18.0. The van der Waals surface area contributed by atoms with Gasteiger partial charge in [-0.1, -0.05) is 64.0 Å². The minimum absolute atomic E-state index is 0.211. The summed E-state index contributed by atoms with van der Waals surface area (Å²) >= 11 is 0. The molecule has 0 saturated carbocycles. The largest absolute Gasteiger partial charge is 0.480 e. The molecule has 176 valence electrons. The second kappa shape index (κ2) is 17.0. The van der Waals surface area contributed by atoms with E-state index in [0.717, 1.165) is 44.9 Å². The Morgan fingerprint density at radius 1 is 0.967 bits per heavy atom. The third kappa shape index (κ3) is 13.5. The highest BCUT2D eigenvalue weighted by Gasteiger charge is 2.35. The molecule has 0 aliphatic carbocycles. The minimum Gasteiger partial charge on any atom is -0.480 e. The quantitative estimate of drug-likeness (QED) is 0.0690. The number of carbonyl (C=O) groups is 1. The summed E-state index contributed by atoms with van der Waals surface area (Å²) in [5.41, 5.74) is 5.07. The van der Waals surface area contributed by atoms with Crippen LogP contribution in [0, 0.1) is 5.41 Å². The summed E-state index contributed by atoms with van der Waals surface area (Å²) in [7, 11) is 0. The van der Waals surface area contributed by atoms with Gasteiger partial charge in [0.25, 0.3) is 0 Å². The molecule has 0 heterocycles. The molecule has 0 spiro atoms. The zero-order valence-electron chi connectivity index (χ0n) is 18.0. The molecule has 0 fully saturated rings. The summed E-state index contributed by atoms with van der Waals surface area (Å²) in [5, 5.41) is 57.9. The SMILES string of the molecule is CCCCCCC(O)CCCCCC/C=C/C(O)C(O)C(O)C(NC(=N)N)C(=O)O. The fraction of sp³-hybridized carbons (Fsp3) is 0.810. The second-order valence-corrected chi connectivity index (χ2v) is 7.77. The van der Waals surface area contributed by atoms with Crippen molar-refractivity contribution < 1.29 is 30.3 Å². The van der Waals surface area contributed by atoms with E-state index < -0.39 is 36.3 Å². The number of guanidine groups is 1. The number of aliphatic hydroxyl groups is 4. The average molecular weight is 432 g/mol. The summed E-state index contributed by atoms with van der Waals surface area (Å²) < 4.78 is 0. The van der Waals surface area contributed by atoms with E-state index in [-0.39, 0.29) is 6.10 Å². The van der Waals surface area contributed by atoms with Crippen LogP contribution in [0.3, 0.4) is 0 Å². The smallest absolute Gasteiger partial charge is 0.329 e. The fourth-order valence-corrected chi connectivity index (χ4v) is 3.16. The number of allylic oxidation sites excluding steroid dienone is 1. The van der Waals surface area contributed by atoms with Gasteiger partial charge in [0.15, 0.2) is 12.0 Å². The highest BCUT2D eigenvalue weighted by Crippen LogP contribution is 2.13. The highest BCUT2D eigenvalue weighted by atomic mass is 16.4. The van der Waals surface area contributed by atoms with Gasteiger partial charge < -0.3 is 36.6 Å². The molecule has 30 heavy (non-hydrogen) atoms. The number of rotatable bonds is 18. The van der Waals surface area contributed by atoms with Crippen molar-refractivity contribution in [2.75, 3.05) is 0 Å². The van der Waals surface area contributed by atoms with Crippen LogP contribution in [0.5, 0.6) is 0 Å². The molecule has 0 aliphatic heterocycles. The lowest BCUT2D eigenvalue weighted by atomic mass is 10.00. The Labute approximate surface area is 179 Å². The lowest BCUT2D eigenvalue weighted by Gasteiger charge is -2.26. The van der Waals surface area contributed by atoms with E-state index >= 15 is 0 Å². The van der Waals surface area contributed by atoms with Crippen molar-refractivity contribution in [2.24, 2.45) is 5.73 Å². The summed E-state index contributed by atoms with van der Waals surface area (Å²) in [4.78, 5) is 11.1. The van der Waals surface area contributed by atoms with Gasteiger partial charge in [-0.05, 0) is 25.7 Å². The van der Waals surface area contributed by atoms with E-state index in [1.54, 1.807) is 6.08 Å². The number of aliphatic carboxylic acids is 1. The molecule has 0 saturated heterocycles. The number of unbranched alkanes of at least 4 members (excludes halogenated alkanes) is 7. The number of nitrogens with two attached hydrogens (primary N) is 1. The first kappa shape index (κ1) is 28.3. The number of carboxylic acid groups (broad SMARTS) is 1. The predicted molar refractivity (Wildman–Crippen MR) is 116 cm³/mol. The Morgan fingerprint density at radius 2 is 1.53 bits per heavy atom. The van der Waals surface area contributed by atoms with E-state index in [1.807, 2.05) is 5.32 Å². The maximum absolute atomic E-state index is 11.1.